The molecule has 0 aliphatic carbocycles. The van der Waals surface area contributed by atoms with E-state index in [9.17, 15) is 0 Å². The van der Waals surface area contributed by atoms with Crippen LogP contribution in [0, 0.1) is 0 Å². The molecule has 2 N–H and O–H groups in total. The third-order valence-corrected chi connectivity index (χ3v) is 15.2. The first-order valence-electron chi connectivity index (χ1n) is 31.5. The number of rotatable bonds is 14. The number of nitrogens with one attached hydrogen (secondary N) is 2. The molecule has 0 aliphatic rings. The standard InChI is InChI=1S/2C27H22BN6.2C9H8N2.2C2H4O2.2Cu/c2*1-4-10-22(11-5-1)25-16-19-32(29-25)28(33-20-17-26(30-33)23-12-6-2-7-13-23)34-21-18-27(31-34)24-14-8-3-9-15-24;2*1-2-4-8(5-3-1)9-6-7-10-11-9;2*1-2(3)4;;/h2*1-21,28H;2*1-7H,(H,10,11);2*1H3,(H,3,4);;/q2*-1;;;;;2*+2/p-2. The second kappa shape index (κ2) is 36.6. The molecular weight excluding hydrogens is 1350 g/mol. The Labute approximate surface area is 599 Å². The van der Waals surface area contributed by atoms with E-state index in [4.69, 9.17) is 50.4 Å². The van der Waals surface area contributed by atoms with E-state index in [0.29, 0.717) is 0 Å². The minimum absolute atomic E-state index is 0. The molecular formula is C76H66B2Cu2N16O4. The number of aromatic amines is 2. The molecule has 0 aliphatic heterocycles. The van der Waals surface area contributed by atoms with Crippen LogP contribution in [0.2, 0.25) is 0 Å². The van der Waals surface area contributed by atoms with Crippen LogP contribution in [-0.4, -0.2) is 105 Å². The SMILES string of the molecule is CC(=O)[O-].CC(=O)[O-].[Cu+2].[Cu+2].c1ccc(-c2ccn([BH-](n3ccc(-c4ccccc4)n3)n3ccc(-c4ccccc4)n3)n2)cc1.c1ccc(-c2ccn([BH-](n3ccc(-c4ccccc4)n3)n3ccc(-c4ccccc4)n3)n2)cc1.c1ccc(-c2ccn[nH]2)cc1.c1ccc(-c2ccn[nH]2)cc1. The van der Waals surface area contributed by atoms with Crippen molar-refractivity contribution in [2.45, 2.75) is 13.8 Å². The predicted octanol–water partition coefficient (Wildman–Crippen LogP) is 11.5. The topological polar surface area (TPSA) is 245 Å². The zero-order chi connectivity index (χ0) is 67.7. The van der Waals surface area contributed by atoms with E-state index in [1.165, 1.54) is 11.1 Å². The van der Waals surface area contributed by atoms with Crippen LogP contribution in [0.25, 0.3) is 90.1 Å². The molecule has 502 valence electrons. The number of carbonyl (C=O) groups is 2. The molecule has 16 rings (SSSR count). The molecule has 0 atom stereocenters. The van der Waals surface area contributed by atoms with Gasteiger partial charge in [-0.25, -0.2) is 30.6 Å². The molecule has 20 nitrogen and oxygen atoms in total. The Kier molecular flexibility index (Phi) is 26.3. The van der Waals surface area contributed by atoms with Crippen molar-refractivity contribution >= 4 is 26.2 Å². The molecule has 2 radical (unpaired) electrons. The van der Waals surface area contributed by atoms with Crippen LogP contribution in [0.3, 0.4) is 0 Å². The molecule has 0 unspecified atom stereocenters. The molecule has 0 saturated heterocycles. The van der Waals surface area contributed by atoms with Crippen molar-refractivity contribution in [3.8, 4) is 90.1 Å². The minimum Gasteiger partial charge on any atom is -0.550 e. The van der Waals surface area contributed by atoms with Gasteiger partial charge >= 0.3 is 48.4 Å². The quantitative estimate of drug-likeness (QED) is 0.0966. The number of hydrogen-bond acceptors (Lipinski definition) is 12. The summed E-state index contributed by atoms with van der Waals surface area (Å²) in [6.07, 6.45) is 15.6. The van der Waals surface area contributed by atoms with E-state index in [0.717, 1.165) is 92.8 Å². The fourth-order valence-electron chi connectivity index (χ4n) is 10.7. The maximum Gasteiger partial charge on any atom is 2.00 e. The number of nitrogens with zero attached hydrogens (tertiary/aromatic N) is 14. The summed E-state index contributed by atoms with van der Waals surface area (Å²) in [4.78, 5) is 17.8. The summed E-state index contributed by atoms with van der Waals surface area (Å²) in [5.41, 5.74) is 16.5. The average molecular weight is 1420 g/mol. The normalized spacial score (nSPS) is 10.3. The van der Waals surface area contributed by atoms with Crippen molar-refractivity contribution in [2.24, 2.45) is 0 Å². The summed E-state index contributed by atoms with van der Waals surface area (Å²) in [5.74, 6) is -2.17. The first-order chi connectivity index (χ1) is 48.1. The summed E-state index contributed by atoms with van der Waals surface area (Å²) in [5, 5.41) is 60.9. The number of aromatic nitrogens is 16. The Balaban J connectivity index is 0.000000164. The molecule has 0 bridgehead atoms. The van der Waals surface area contributed by atoms with Crippen LogP contribution in [0.15, 0.2) is 341 Å². The monoisotopic (exact) mass is 1410 g/mol. The van der Waals surface area contributed by atoms with Crippen molar-refractivity contribution in [3.63, 3.8) is 0 Å². The largest absolute Gasteiger partial charge is 2.00 e. The van der Waals surface area contributed by atoms with Gasteiger partial charge in [0.2, 0.25) is 0 Å². The second-order valence-corrected chi connectivity index (χ2v) is 22.1. The van der Waals surface area contributed by atoms with Gasteiger partial charge < -0.3 is 47.4 Å². The van der Waals surface area contributed by atoms with E-state index in [1.807, 2.05) is 283 Å². The molecule has 0 amide bonds. The van der Waals surface area contributed by atoms with Crippen LogP contribution >= 0.6 is 0 Å². The van der Waals surface area contributed by atoms with Gasteiger partial charge in [0.25, 0.3) is 0 Å². The molecule has 0 fully saturated rings. The van der Waals surface area contributed by atoms with Crippen LogP contribution < -0.4 is 10.2 Å². The number of hydrogen-bond donors (Lipinski definition) is 2. The third-order valence-electron chi connectivity index (χ3n) is 15.2. The molecule has 24 heteroatoms. The van der Waals surface area contributed by atoms with Gasteiger partial charge in [0.15, 0.2) is 0 Å². The number of aliphatic carboxylic acids is 2. The average Bonchev–Trinajstić information content (AvgIpc) is 1.65. The van der Waals surface area contributed by atoms with Gasteiger partial charge in [0.05, 0.1) is 45.6 Å². The number of benzene rings is 8. The minimum atomic E-state index is -1.48. The van der Waals surface area contributed by atoms with Crippen LogP contribution in [0.1, 0.15) is 13.8 Å². The molecule has 8 aromatic heterocycles. The second-order valence-electron chi connectivity index (χ2n) is 22.1. The Bertz CT molecular complexity index is 4280. The van der Waals surface area contributed by atoms with Gasteiger partial charge in [-0.1, -0.05) is 243 Å². The first kappa shape index (κ1) is 71.8. The Morgan fingerprint density at radius 1 is 0.270 bits per heavy atom. The summed E-state index contributed by atoms with van der Waals surface area (Å²) in [6, 6.07) is 97.6. The summed E-state index contributed by atoms with van der Waals surface area (Å²) in [7, 11) is -2.96. The number of carboxylic acid groups (broad SMARTS) is 2. The van der Waals surface area contributed by atoms with E-state index in [2.05, 4.69) is 93.2 Å². The smallest absolute Gasteiger partial charge is 0.550 e. The molecule has 16 aromatic rings. The number of carboxylic acids is 2. The molecule has 8 aromatic carbocycles. The summed E-state index contributed by atoms with van der Waals surface area (Å²) < 4.78 is 11.9. The molecule has 0 spiro atoms. The third kappa shape index (κ3) is 19.8. The van der Waals surface area contributed by atoms with E-state index < -0.39 is 26.2 Å². The fraction of sp³-hybridized carbons (Fsp3) is 0.0263. The summed E-state index contributed by atoms with van der Waals surface area (Å²) in [6.45, 7) is 1.94. The maximum absolute atomic E-state index is 8.89. The predicted molar refractivity (Wildman–Crippen MR) is 382 cm³/mol. The van der Waals surface area contributed by atoms with Crippen molar-refractivity contribution in [3.05, 3.63) is 341 Å². The Morgan fingerprint density at radius 3 is 0.580 bits per heavy atom. The van der Waals surface area contributed by atoms with Crippen molar-refractivity contribution in [2.75, 3.05) is 0 Å². The fourth-order valence-corrected chi connectivity index (χ4v) is 10.7. The zero-order valence-electron chi connectivity index (χ0n) is 54.2. The number of H-pyrrole nitrogens is 2. The van der Waals surface area contributed by atoms with Gasteiger partial charge in [-0.05, 0) is 111 Å². The van der Waals surface area contributed by atoms with Crippen molar-refractivity contribution < 1.29 is 53.9 Å². The van der Waals surface area contributed by atoms with Gasteiger partial charge in [0.1, 0.15) is 0 Å². The van der Waals surface area contributed by atoms with Gasteiger partial charge in [-0.2, -0.15) is 10.2 Å². The van der Waals surface area contributed by atoms with Crippen molar-refractivity contribution in [1.29, 1.82) is 0 Å². The molecule has 8 heterocycles. The molecule has 100 heavy (non-hydrogen) atoms. The maximum atomic E-state index is 8.89. The van der Waals surface area contributed by atoms with E-state index >= 15 is 0 Å². The Morgan fingerprint density at radius 2 is 0.430 bits per heavy atom. The van der Waals surface area contributed by atoms with Gasteiger partial charge in [-0.3, -0.25) is 10.2 Å². The number of carbonyl (C=O) groups excluding carboxylic acids is 2. The summed E-state index contributed by atoms with van der Waals surface area (Å²) >= 11 is 0. The van der Waals surface area contributed by atoms with Crippen molar-refractivity contribution in [1.82, 2.24) is 78.5 Å². The van der Waals surface area contributed by atoms with Crippen LogP contribution in [-0.2, 0) is 43.7 Å². The van der Waals surface area contributed by atoms with Crippen LogP contribution in [0.4, 0.5) is 0 Å². The Hall–Kier alpha value is -12.5. The zero-order valence-corrected chi connectivity index (χ0v) is 56.1. The van der Waals surface area contributed by atoms with Gasteiger partial charge in [-0.15, -0.1) is 0 Å². The first-order valence-corrected chi connectivity index (χ1v) is 31.5. The van der Waals surface area contributed by atoms with E-state index in [-0.39, 0.29) is 34.1 Å². The van der Waals surface area contributed by atoms with Crippen LogP contribution in [0.5, 0.6) is 0 Å². The van der Waals surface area contributed by atoms with Gasteiger partial charge in [0, 0.05) is 57.7 Å². The van der Waals surface area contributed by atoms with E-state index in [1.54, 1.807) is 12.4 Å². The molecule has 0 saturated carbocycles.